The van der Waals surface area contributed by atoms with Crippen molar-refractivity contribution in [2.45, 2.75) is 19.1 Å². The van der Waals surface area contributed by atoms with Gasteiger partial charge in [0.25, 0.3) is 0 Å². The number of rotatable bonds is 5. The van der Waals surface area contributed by atoms with Crippen molar-refractivity contribution in [3.63, 3.8) is 0 Å². The maximum absolute atomic E-state index is 13.0. The summed E-state index contributed by atoms with van der Waals surface area (Å²) in [7, 11) is 0. The predicted octanol–water partition coefficient (Wildman–Crippen LogP) is 4.32. The van der Waals surface area contributed by atoms with Crippen LogP contribution in [0.3, 0.4) is 0 Å². The first-order valence-electron chi connectivity index (χ1n) is 6.20. The largest absolute Gasteiger partial charge is 0.435 e. The number of ether oxygens (including phenoxy) is 1. The summed E-state index contributed by atoms with van der Waals surface area (Å²) in [5, 5.41) is 0.283. The number of hydrogen-bond acceptors (Lipinski definition) is 2. The zero-order valence-corrected chi connectivity index (χ0v) is 11.7. The van der Waals surface area contributed by atoms with E-state index in [4.69, 9.17) is 17.3 Å². The van der Waals surface area contributed by atoms with Crippen molar-refractivity contribution in [1.82, 2.24) is 0 Å². The van der Waals surface area contributed by atoms with Crippen LogP contribution < -0.4 is 10.5 Å². The highest BCUT2D eigenvalue weighted by atomic mass is 35.5. The Morgan fingerprint density at radius 2 is 1.90 bits per heavy atom. The van der Waals surface area contributed by atoms with Crippen LogP contribution in [0.15, 0.2) is 42.5 Å². The molecule has 0 spiro atoms. The van der Waals surface area contributed by atoms with E-state index < -0.39 is 18.5 Å². The summed E-state index contributed by atoms with van der Waals surface area (Å²) in [5.41, 5.74) is 7.36. The predicted molar refractivity (Wildman–Crippen MR) is 75.1 cm³/mol. The summed E-state index contributed by atoms with van der Waals surface area (Å²) in [5.74, 6) is -0.382. The van der Waals surface area contributed by atoms with E-state index in [2.05, 4.69) is 4.74 Å². The summed E-state index contributed by atoms with van der Waals surface area (Å²) < 4.78 is 41.7. The zero-order chi connectivity index (χ0) is 15.4. The van der Waals surface area contributed by atoms with E-state index in [0.717, 1.165) is 0 Å². The summed E-state index contributed by atoms with van der Waals surface area (Å²) >= 11 is 5.94. The molecule has 2 nitrogen and oxygen atoms in total. The smallest absolute Gasteiger partial charge is 0.387 e. The maximum atomic E-state index is 13.0. The van der Waals surface area contributed by atoms with Gasteiger partial charge in [0.2, 0.25) is 0 Å². The van der Waals surface area contributed by atoms with Crippen molar-refractivity contribution in [1.29, 1.82) is 0 Å². The summed E-state index contributed by atoms with van der Waals surface area (Å²) in [6.07, 6.45) is 0.358. The van der Waals surface area contributed by atoms with Gasteiger partial charge in [0, 0.05) is 11.1 Å². The molecule has 2 aromatic rings. The van der Waals surface area contributed by atoms with E-state index in [-0.39, 0.29) is 10.8 Å². The van der Waals surface area contributed by atoms with Crippen LogP contribution in [0.4, 0.5) is 13.2 Å². The van der Waals surface area contributed by atoms with Crippen LogP contribution in [0.1, 0.15) is 17.2 Å². The quantitative estimate of drug-likeness (QED) is 0.891. The third kappa shape index (κ3) is 4.37. The lowest BCUT2D eigenvalue weighted by Gasteiger charge is -2.14. The Hall–Kier alpha value is -1.72. The van der Waals surface area contributed by atoms with Crippen molar-refractivity contribution < 1.29 is 17.9 Å². The minimum absolute atomic E-state index is 0.0446. The molecule has 112 valence electrons. The SMILES string of the molecule is NC(Cc1ccc(F)cc1Cl)c1cccc(OC(F)F)c1. The van der Waals surface area contributed by atoms with E-state index >= 15 is 0 Å². The van der Waals surface area contributed by atoms with Crippen LogP contribution in [-0.2, 0) is 6.42 Å². The highest BCUT2D eigenvalue weighted by Crippen LogP contribution is 2.25. The number of hydrogen-bond donors (Lipinski definition) is 1. The normalized spacial score (nSPS) is 12.5. The highest BCUT2D eigenvalue weighted by molar-refractivity contribution is 6.31. The molecule has 6 heteroatoms. The van der Waals surface area contributed by atoms with Gasteiger partial charge < -0.3 is 10.5 Å². The minimum Gasteiger partial charge on any atom is -0.435 e. The molecule has 0 radical (unpaired) electrons. The lowest BCUT2D eigenvalue weighted by molar-refractivity contribution is -0.0499. The Kier molecular flexibility index (Phi) is 5.09. The van der Waals surface area contributed by atoms with Gasteiger partial charge >= 0.3 is 6.61 Å². The Labute approximate surface area is 125 Å². The molecule has 0 aliphatic rings. The van der Waals surface area contributed by atoms with Gasteiger partial charge in [0.15, 0.2) is 0 Å². The van der Waals surface area contributed by atoms with Crippen molar-refractivity contribution >= 4 is 11.6 Å². The van der Waals surface area contributed by atoms with Crippen molar-refractivity contribution in [2.75, 3.05) is 0 Å². The zero-order valence-electron chi connectivity index (χ0n) is 10.9. The molecule has 0 amide bonds. The fourth-order valence-corrected chi connectivity index (χ4v) is 2.21. The second-order valence-corrected chi connectivity index (χ2v) is 4.90. The number of nitrogens with two attached hydrogens (primary N) is 1. The lowest BCUT2D eigenvalue weighted by Crippen LogP contribution is -2.14. The molecule has 0 fully saturated rings. The van der Waals surface area contributed by atoms with Gasteiger partial charge in [-0.2, -0.15) is 8.78 Å². The van der Waals surface area contributed by atoms with Crippen molar-refractivity contribution in [3.8, 4) is 5.75 Å². The van der Waals surface area contributed by atoms with Gasteiger partial charge in [-0.25, -0.2) is 4.39 Å². The van der Waals surface area contributed by atoms with Gasteiger partial charge in [0.1, 0.15) is 11.6 Å². The molecule has 1 unspecified atom stereocenters. The Morgan fingerprint density at radius 3 is 2.57 bits per heavy atom. The first kappa shape index (κ1) is 15.7. The topological polar surface area (TPSA) is 35.2 Å². The Balaban J connectivity index is 2.14. The molecule has 2 N–H and O–H groups in total. The van der Waals surface area contributed by atoms with Gasteiger partial charge in [-0.1, -0.05) is 29.8 Å². The Morgan fingerprint density at radius 1 is 1.14 bits per heavy atom. The molecule has 21 heavy (non-hydrogen) atoms. The maximum Gasteiger partial charge on any atom is 0.387 e. The van der Waals surface area contributed by atoms with E-state index in [1.54, 1.807) is 18.2 Å². The molecule has 2 rings (SSSR count). The molecule has 0 aromatic heterocycles. The van der Waals surface area contributed by atoms with Crippen LogP contribution in [-0.4, -0.2) is 6.61 Å². The average Bonchev–Trinajstić information content (AvgIpc) is 2.41. The summed E-state index contributed by atoms with van der Waals surface area (Å²) in [4.78, 5) is 0. The molecular weight excluding hydrogens is 303 g/mol. The van der Waals surface area contributed by atoms with Crippen LogP contribution in [0, 0.1) is 5.82 Å². The summed E-state index contributed by atoms with van der Waals surface area (Å²) in [6.45, 7) is -2.89. The molecule has 2 aromatic carbocycles. The van der Waals surface area contributed by atoms with E-state index in [1.807, 2.05) is 0 Å². The van der Waals surface area contributed by atoms with Crippen LogP contribution in [0.25, 0.3) is 0 Å². The minimum atomic E-state index is -2.89. The molecule has 0 saturated carbocycles. The number of benzene rings is 2. The highest BCUT2D eigenvalue weighted by Gasteiger charge is 2.12. The molecule has 0 aliphatic heterocycles. The fraction of sp³-hybridized carbons (Fsp3) is 0.200. The third-order valence-corrected chi connectivity index (χ3v) is 3.32. The molecule has 1 atom stereocenters. The third-order valence-electron chi connectivity index (χ3n) is 2.97. The first-order chi connectivity index (χ1) is 9.95. The van der Waals surface area contributed by atoms with Crippen LogP contribution in [0.2, 0.25) is 5.02 Å². The Bertz CT molecular complexity index is 622. The van der Waals surface area contributed by atoms with E-state index in [9.17, 15) is 13.2 Å². The van der Waals surface area contributed by atoms with Gasteiger partial charge in [-0.15, -0.1) is 0 Å². The van der Waals surface area contributed by atoms with Crippen LogP contribution >= 0.6 is 11.6 Å². The number of alkyl halides is 2. The van der Waals surface area contributed by atoms with Gasteiger partial charge in [-0.05, 0) is 41.8 Å². The van der Waals surface area contributed by atoms with E-state index in [0.29, 0.717) is 17.5 Å². The van der Waals surface area contributed by atoms with E-state index in [1.165, 1.54) is 24.3 Å². The molecular formula is C15H13ClF3NO. The average molecular weight is 316 g/mol. The van der Waals surface area contributed by atoms with Crippen LogP contribution in [0.5, 0.6) is 5.75 Å². The lowest BCUT2D eigenvalue weighted by atomic mass is 9.99. The second kappa shape index (κ2) is 6.83. The molecule has 0 saturated heterocycles. The molecule has 0 bridgehead atoms. The molecule has 0 aliphatic carbocycles. The van der Waals surface area contributed by atoms with Crippen molar-refractivity contribution in [2.24, 2.45) is 5.73 Å². The second-order valence-electron chi connectivity index (χ2n) is 4.50. The molecule has 0 heterocycles. The van der Waals surface area contributed by atoms with Gasteiger partial charge in [-0.3, -0.25) is 0 Å². The monoisotopic (exact) mass is 315 g/mol. The first-order valence-corrected chi connectivity index (χ1v) is 6.58. The van der Waals surface area contributed by atoms with Gasteiger partial charge in [0.05, 0.1) is 0 Å². The fourth-order valence-electron chi connectivity index (χ4n) is 1.96. The van der Waals surface area contributed by atoms with Crippen molar-refractivity contribution in [3.05, 3.63) is 64.4 Å². The summed E-state index contributed by atoms with van der Waals surface area (Å²) in [6, 6.07) is 9.76. The number of halogens is 4. The standard InChI is InChI=1S/C15H13ClF3NO/c16-13-8-11(17)5-4-9(13)7-14(20)10-2-1-3-12(6-10)21-15(18)19/h1-6,8,14-15H,7,20H2.